The van der Waals surface area contributed by atoms with Crippen LogP contribution in [0.25, 0.3) is 10.9 Å². The topological polar surface area (TPSA) is 107 Å². The van der Waals surface area contributed by atoms with E-state index in [2.05, 4.69) is 20.5 Å². The van der Waals surface area contributed by atoms with Crippen molar-refractivity contribution in [2.45, 2.75) is 0 Å². The van der Waals surface area contributed by atoms with Crippen LogP contribution in [-0.2, 0) is 9.59 Å². The normalized spacial score (nSPS) is 11.1. The van der Waals surface area contributed by atoms with Gasteiger partial charge in [-0.3, -0.25) is 9.59 Å². The number of hydrogen-bond acceptors (Lipinski definition) is 4. The van der Waals surface area contributed by atoms with Gasteiger partial charge in [0.15, 0.2) is 5.69 Å². The molecule has 7 nitrogen and oxygen atoms in total. The van der Waals surface area contributed by atoms with E-state index >= 15 is 0 Å². The molecule has 0 radical (unpaired) electrons. The number of hydrogen-bond donors (Lipinski definition) is 3. The Balaban J connectivity index is 1.79. The molecule has 2 aromatic carbocycles. The highest BCUT2D eigenvalue weighted by Crippen LogP contribution is 2.35. The molecule has 0 spiro atoms. The average molecular weight is 377 g/mol. The van der Waals surface area contributed by atoms with Crippen LogP contribution in [0.3, 0.4) is 0 Å². The quantitative estimate of drug-likeness (QED) is 0.454. The van der Waals surface area contributed by atoms with Gasteiger partial charge in [-0.15, -0.1) is 10.2 Å². The van der Waals surface area contributed by atoms with Gasteiger partial charge in [-0.25, -0.2) is 0 Å². The second kappa shape index (κ2) is 6.92. The van der Waals surface area contributed by atoms with Gasteiger partial charge in [0.1, 0.15) is 0 Å². The fourth-order valence-electron chi connectivity index (χ4n) is 2.12. The summed E-state index contributed by atoms with van der Waals surface area (Å²) in [6.07, 6.45) is 0. The number of benzene rings is 2. The Morgan fingerprint density at radius 2 is 1.88 bits per heavy atom. The number of carbonyl (C=O) groups excluding carboxylic acids is 2. The summed E-state index contributed by atoms with van der Waals surface area (Å²) < 4.78 is 0. The van der Waals surface area contributed by atoms with E-state index < -0.39 is 11.8 Å². The lowest BCUT2D eigenvalue weighted by Gasteiger charge is -2.04. The van der Waals surface area contributed by atoms with Crippen molar-refractivity contribution in [2.75, 3.05) is 5.32 Å². The van der Waals surface area contributed by atoms with Crippen molar-refractivity contribution in [3.63, 3.8) is 0 Å². The Kier molecular flexibility index (Phi) is 4.69. The summed E-state index contributed by atoms with van der Waals surface area (Å²) in [6, 6.07) is 11.4. The molecular formula is C16H10Cl2N4O3. The Labute approximate surface area is 151 Å². The van der Waals surface area contributed by atoms with Crippen LogP contribution in [0.1, 0.15) is 0 Å². The van der Waals surface area contributed by atoms with Crippen LogP contribution in [-0.4, -0.2) is 21.9 Å². The van der Waals surface area contributed by atoms with E-state index in [1.54, 1.807) is 30.3 Å². The maximum absolute atomic E-state index is 11.9. The van der Waals surface area contributed by atoms with Crippen molar-refractivity contribution in [1.82, 2.24) is 4.98 Å². The third-order valence-corrected chi connectivity index (χ3v) is 3.84. The molecule has 3 aromatic rings. The van der Waals surface area contributed by atoms with Crippen LogP contribution in [0.2, 0.25) is 10.0 Å². The van der Waals surface area contributed by atoms with Crippen molar-refractivity contribution in [1.29, 1.82) is 0 Å². The van der Waals surface area contributed by atoms with Gasteiger partial charge in [-0.05, 0) is 24.3 Å². The van der Waals surface area contributed by atoms with Crippen molar-refractivity contribution in [3.05, 3.63) is 52.5 Å². The molecule has 3 N–H and O–H groups in total. The molecule has 0 atom stereocenters. The predicted octanol–water partition coefficient (Wildman–Crippen LogP) is 4.43. The minimum absolute atomic E-state index is 0.0672. The summed E-state index contributed by atoms with van der Waals surface area (Å²) in [5.74, 6) is -2.44. The molecule has 3 rings (SSSR count). The van der Waals surface area contributed by atoms with Crippen LogP contribution in [0, 0.1) is 0 Å². The first-order valence-corrected chi connectivity index (χ1v) is 7.73. The second-order valence-corrected chi connectivity index (χ2v) is 5.79. The van der Waals surface area contributed by atoms with Crippen molar-refractivity contribution < 1.29 is 14.7 Å². The van der Waals surface area contributed by atoms with Gasteiger partial charge >= 0.3 is 11.8 Å². The number of halogens is 2. The molecule has 2 amide bonds. The molecule has 0 unspecified atom stereocenters. The maximum Gasteiger partial charge on any atom is 0.353 e. The first-order chi connectivity index (χ1) is 12.0. The second-order valence-electron chi connectivity index (χ2n) is 4.95. The van der Waals surface area contributed by atoms with E-state index in [0.717, 1.165) is 0 Å². The number of H-pyrrole nitrogens is 1. The van der Waals surface area contributed by atoms with Gasteiger partial charge in [0, 0.05) is 10.4 Å². The summed E-state index contributed by atoms with van der Waals surface area (Å²) in [5.41, 5.74) is 0.867. The molecule has 0 saturated carbocycles. The Morgan fingerprint density at radius 3 is 2.68 bits per heavy atom. The summed E-state index contributed by atoms with van der Waals surface area (Å²) in [6.45, 7) is 0. The van der Waals surface area contributed by atoms with Crippen molar-refractivity contribution in [2.24, 2.45) is 10.2 Å². The fourth-order valence-corrected chi connectivity index (χ4v) is 2.46. The van der Waals surface area contributed by atoms with E-state index in [9.17, 15) is 14.7 Å². The molecule has 0 aliphatic carbocycles. The highest BCUT2D eigenvalue weighted by molar-refractivity contribution is 6.42. The van der Waals surface area contributed by atoms with E-state index in [-0.39, 0.29) is 22.3 Å². The van der Waals surface area contributed by atoms with E-state index in [0.29, 0.717) is 15.9 Å². The summed E-state index contributed by atoms with van der Waals surface area (Å²) >= 11 is 11.7. The van der Waals surface area contributed by atoms with Crippen LogP contribution in [0.15, 0.2) is 52.7 Å². The predicted molar refractivity (Wildman–Crippen MR) is 94.6 cm³/mol. The Hall–Kier alpha value is -2.90. The zero-order valence-corrected chi connectivity index (χ0v) is 14.0. The number of amides is 2. The molecule has 1 heterocycles. The molecule has 0 bridgehead atoms. The number of carbonyl (C=O) groups is 2. The monoisotopic (exact) mass is 376 g/mol. The number of nitrogens with one attached hydrogen (secondary N) is 2. The summed E-state index contributed by atoms with van der Waals surface area (Å²) in [5, 5.41) is 20.3. The molecule has 0 fully saturated rings. The summed E-state index contributed by atoms with van der Waals surface area (Å²) in [7, 11) is 0. The zero-order valence-electron chi connectivity index (χ0n) is 12.5. The standard InChI is InChI=1S/C16H10Cl2N4O3/c17-8-5-6-10(18)12(7-8)20-15(24)16(25)22-21-13-9-3-1-2-4-11(9)19-14(13)23/h1-7,19,23H,(H,20,24). The number of azo groups is 1. The molecule has 1 aromatic heterocycles. The SMILES string of the molecule is O=C(N=Nc1c(O)[nH]c2ccccc12)C(=O)Nc1cc(Cl)ccc1Cl. The average Bonchev–Trinajstić information content (AvgIpc) is 2.91. The molecule has 25 heavy (non-hydrogen) atoms. The molecule has 9 heteroatoms. The first-order valence-electron chi connectivity index (χ1n) is 6.97. The molecule has 0 aliphatic heterocycles. The van der Waals surface area contributed by atoms with Crippen molar-refractivity contribution >= 4 is 57.3 Å². The van der Waals surface area contributed by atoms with E-state index in [1.165, 1.54) is 12.1 Å². The lowest BCUT2D eigenvalue weighted by Crippen LogP contribution is -2.20. The van der Waals surface area contributed by atoms with Crippen LogP contribution >= 0.6 is 23.2 Å². The number of nitrogens with zero attached hydrogens (tertiary/aromatic N) is 2. The van der Waals surface area contributed by atoms with Gasteiger partial charge in [-0.2, -0.15) is 0 Å². The fraction of sp³-hybridized carbons (Fsp3) is 0. The Morgan fingerprint density at radius 1 is 1.12 bits per heavy atom. The number of fused-ring (bicyclic) bond motifs is 1. The lowest BCUT2D eigenvalue weighted by molar-refractivity contribution is -0.134. The minimum Gasteiger partial charge on any atom is -0.493 e. The van der Waals surface area contributed by atoms with Gasteiger partial charge in [-0.1, -0.05) is 41.4 Å². The number of aromatic hydroxyl groups is 1. The largest absolute Gasteiger partial charge is 0.493 e. The highest BCUT2D eigenvalue weighted by atomic mass is 35.5. The van der Waals surface area contributed by atoms with Gasteiger partial charge < -0.3 is 15.4 Å². The lowest BCUT2D eigenvalue weighted by atomic mass is 10.2. The summed E-state index contributed by atoms with van der Waals surface area (Å²) in [4.78, 5) is 26.4. The zero-order chi connectivity index (χ0) is 18.0. The van der Waals surface area contributed by atoms with Crippen LogP contribution in [0.4, 0.5) is 11.4 Å². The minimum atomic E-state index is -1.15. The van der Waals surface area contributed by atoms with Gasteiger partial charge in [0.05, 0.1) is 16.2 Å². The number of anilines is 1. The van der Waals surface area contributed by atoms with E-state index in [4.69, 9.17) is 23.2 Å². The first kappa shape index (κ1) is 16.9. The molecule has 0 aliphatic rings. The van der Waals surface area contributed by atoms with Crippen LogP contribution < -0.4 is 5.32 Å². The third kappa shape index (κ3) is 3.62. The number of para-hydroxylation sites is 1. The van der Waals surface area contributed by atoms with Crippen molar-refractivity contribution in [3.8, 4) is 5.88 Å². The van der Waals surface area contributed by atoms with E-state index in [1.807, 2.05) is 0 Å². The van der Waals surface area contributed by atoms with Crippen LogP contribution in [0.5, 0.6) is 5.88 Å². The highest BCUT2D eigenvalue weighted by Gasteiger charge is 2.16. The number of rotatable bonds is 2. The number of aromatic amines is 1. The van der Waals surface area contributed by atoms with Gasteiger partial charge in [0.25, 0.3) is 0 Å². The third-order valence-electron chi connectivity index (χ3n) is 3.27. The molecular weight excluding hydrogens is 367 g/mol. The Bertz CT molecular complexity index is 1010. The molecule has 126 valence electrons. The maximum atomic E-state index is 11.9. The van der Waals surface area contributed by atoms with Gasteiger partial charge in [0.2, 0.25) is 5.88 Å². The smallest absolute Gasteiger partial charge is 0.353 e. The number of aromatic nitrogens is 1. The molecule has 0 saturated heterocycles.